The van der Waals surface area contributed by atoms with Crippen LogP contribution in [0, 0.1) is 5.92 Å². The van der Waals surface area contributed by atoms with Crippen LogP contribution in [0.25, 0.3) is 0 Å². The van der Waals surface area contributed by atoms with Crippen LogP contribution in [0.15, 0.2) is 46.8 Å². The zero-order valence-electron chi connectivity index (χ0n) is 17.2. The minimum Gasteiger partial charge on any atom is -0.344 e. The number of hydrogen-bond donors (Lipinski definition) is 2. The summed E-state index contributed by atoms with van der Waals surface area (Å²) < 4.78 is 27.0. The Morgan fingerprint density at radius 3 is 2.58 bits per heavy atom. The first-order valence-corrected chi connectivity index (χ1v) is 13.7. The van der Waals surface area contributed by atoms with Crippen molar-refractivity contribution in [2.75, 3.05) is 30.4 Å². The van der Waals surface area contributed by atoms with Gasteiger partial charge in [-0.05, 0) is 43.4 Å². The second-order valence-electron chi connectivity index (χ2n) is 7.16. The Balaban J connectivity index is 1.57. The van der Waals surface area contributed by atoms with Crippen LogP contribution in [-0.2, 0) is 19.6 Å². The number of anilines is 1. The number of carbonyl (C=O) groups excluding carboxylic acids is 2. The van der Waals surface area contributed by atoms with E-state index < -0.39 is 16.1 Å². The van der Waals surface area contributed by atoms with E-state index in [4.69, 9.17) is 0 Å². The normalized spacial score (nSPS) is 16.5. The van der Waals surface area contributed by atoms with Crippen molar-refractivity contribution >= 4 is 50.1 Å². The smallest absolute Gasteiger partial charge is 0.248 e. The maximum absolute atomic E-state index is 12.8. The molecule has 0 bridgehead atoms. The number of benzene rings is 1. The molecule has 1 atom stereocenters. The lowest BCUT2D eigenvalue weighted by molar-refractivity contribution is -0.130. The number of rotatable bonds is 9. The average molecular weight is 483 g/mol. The molecule has 1 aliphatic rings. The fourth-order valence-electron chi connectivity index (χ4n) is 3.37. The van der Waals surface area contributed by atoms with E-state index in [1.165, 1.54) is 15.6 Å². The van der Waals surface area contributed by atoms with Gasteiger partial charge in [-0.25, -0.2) is 13.4 Å². The fraction of sp³-hybridized carbons (Fsp3) is 0.450. The number of sulfonamides is 1. The summed E-state index contributed by atoms with van der Waals surface area (Å²) in [7, 11) is -3.56. The van der Waals surface area contributed by atoms with E-state index in [1.54, 1.807) is 53.7 Å². The molecule has 0 unspecified atom stereocenters. The fourth-order valence-corrected chi connectivity index (χ4v) is 5.87. The van der Waals surface area contributed by atoms with E-state index in [1.807, 2.05) is 6.26 Å². The summed E-state index contributed by atoms with van der Waals surface area (Å²) in [5.41, 5.74) is 0. The van der Waals surface area contributed by atoms with Gasteiger partial charge < -0.3 is 10.6 Å². The molecule has 2 heterocycles. The van der Waals surface area contributed by atoms with Gasteiger partial charge >= 0.3 is 0 Å². The molecule has 1 aromatic carbocycles. The summed E-state index contributed by atoms with van der Waals surface area (Å²) in [6.07, 6.45) is 4.89. The Hall–Kier alpha value is -1.95. The van der Waals surface area contributed by atoms with Crippen LogP contribution in [0.3, 0.4) is 0 Å². The van der Waals surface area contributed by atoms with E-state index >= 15 is 0 Å². The number of amides is 2. The van der Waals surface area contributed by atoms with E-state index in [-0.39, 0.29) is 35.7 Å². The van der Waals surface area contributed by atoms with Gasteiger partial charge in [-0.15, -0.1) is 11.3 Å². The van der Waals surface area contributed by atoms with Crippen molar-refractivity contribution < 1.29 is 18.0 Å². The number of nitrogens with one attached hydrogen (secondary N) is 2. The van der Waals surface area contributed by atoms with Crippen LogP contribution in [0.5, 0.6) is 0 Å². The maximum Gasteiger partial charge on any atom is 0.248 e. The van der Waals surface area contributed by atoms with Gasteiger partial charge in [0.1, 0.15) is 6.04 Å². The SMILES string of the molecule is CSCC[C@@H](NC(=O)C1CCN(S(=O)(=O)c2ccccc2)CC1)C(=O)Nc1nccs1. The molecule has 168 valence electrons. The van der Waals surface area contributed by atoms with E-state index in [0.29, 0.717) is 24.4 Å². The van der Waals surface area contributed by atoms with Gasteiger partial charge in [-0.1, -0.05) is 18.2 Å². The molecule has 1 aliphatic heterocycles. The molecular formula is C20H26N4O4S3. The first-order chi connectivity index (χ1) is 14.9. The highest BCUT2D eigenvalue weighted by atomic mass is 32.2. The Labute approximate surface area is 190 Å². The molecule has 1 aromatic heterocycles. The predicted octanol–water partition coefficient (Wildman–Crippen LogP) is 2.42. The quantitative estimate of drug-likeness (QED) is 0.568. The second-order valence-corrected chi connectivity index (χ2v) is 11.0. The van der Waals surface area contributed by atoms with Crippen molar-refractivity contribution in [3.05, 3.63) is 41.9 Å². The standard InChI is InChI=1S/C20H26N4O4S3/c1-29-13-9-17(19(26)23-20-21-10-14-30-20)22-18(25)15-7-11-24(12-8-15)31(27,28)16-5-3-2-4-6-16/h2-6,10,14-15,17H,7-9,11-13H2,1H3,(H,22,25)(H,21,23,26)/t17-/m1/s1. The van der Waals surface area contributed by atoms with Crippen LogP contribution >= 0.6 is 23.1 Å². The van der Waals surface area contributed by atoms with Crippen LogP contribution in [0.2, 0.25) is 0 Å². The second kappa shape index (κ2) is 11.1. The Morgan fingerprint density at radius 1 is 1.26 bits per heavy atom. The van der Waals surface area contributed by atoms with E-state index in [0.717, 1.165) is 5.75 Å². The van der Waals surface area contributed by atoms with Gasteiger partial charge in [-0.3, -0.25) is 9.59 Å². The highest BCUT2D eigenvalue weighted by Gasteiger charge is 2.33. The van der Waals surface area contributed by atoms with Crippen LogP contribution in [0.4, 0.5) is 5.13 Å². The van der Waals surface area contributed by atoms with Crippen molar-refractivity contribution in [3.63, 3.8) is 0 Å². The molecule has 0 aliphatic carbocycles. The third-order valence-corrected chi connectivity index (χ3v) is 8.36. The first kappa shape index (κ1) is 23.7. The maximum atomic E-state index is 12.8. The number of hydrogen-bond acceptors (Lipinski definition) is 7. The number of thioether (sulfide) groups is 1. The van der Waals surface area contributed by atoms with Crippen molar-refractivity contribution in [3.8, 4) is 0 Å². The summed E-state index contributed by atoms with van der Waals surface area (Å²) in [4.78, 5) is 29.8. The van der Waals surface area contributed by atoms with Gasteiger partial charge in [0.05, 0.1) is 4.90 Å². The number of nitrogens with zero attached hydrogens (tertiary/aromatic N) is 2. The zero-order valence-corrected chi connectivity index (χ0v) is 19.6. The van der Waals surface area contributed by atoms with Crippen molar-refractivity contribution in [1.29, 1.82) is 0 Å². The average Bonchev–Trinajstić information content (AvgIpc) is 3.30. The molecule has 0 saturated carbocycles. The van der Waals surface area contributed by atoms with Crippen LogP contribution in [-0.4, -0.2) is 60.7 Å². The molecule has 2 aromatic rings. The monoisotopic (exact) mass is 482 g/mol. The van der Waals surface area contributed by atoms with E-state index in [9.17, 15) is 18.0 Å². The molecule has 3 rings (SSSR count). The number of thiazole rings is 1. The van der Waals surface area contributed by atoms with Crippen molar-refractivity contribution in [2.45, 2.75) is 30.2 Å². The highest BCUT2D eigenvalue weighted by Crippen LogP contribution is 2.24. The summed E-state index contributed by atoms with van der Waals surface area (Å²) >= 11 is 2.92. The Morgan fingerprint density at radius 2 is 1.97 bits per heavy atom. The molecule has 1 saturated heterocycles. The van der Waals surface area contributed by atoms with Gasteiger partial charge in [-0.2, -0.15) is 16.1 Å². The topological polar surface area (TPSA) is 108 Å². The zero-order chi connectivity index (χ0) is 22.3. The van der Waals surface area contributed by atoms with Gasteiger partial charge in [0.2, 0.25) is 21.8 Å². The molecule has 2 amide bonds. The van der Waals surface area contributed by atoms with Gasteiger partial charge in [0.25, 0.3) is 0 Å². The highest BCUT2D eigenvalue weighted by molar-refractivity contribution is 7.98. The molecule has 11 heteroatoms. The lowest BCUT2D eigenvalue weighted by Crippen LogP contribution is -2.49. The van der Waals surface area contributed by atoms with Crippen molar-refractivity contribution in [1.82, 2.24) is 14.6 Å². The number of aromatic nitrogens is 1. The Bertz CT molecular complexity index is 960. The summed E-state index contributed by atoms with van der Waals surface area (Å²) in [6, 6.07) is 7.65. The molecule has 2 N–H and O–H groups in total. The molecular weight excluding hydrogens is 456 g/mol. The number of piperidine rings is 1. The summed E-state index contributed by atoms with van der Waals surface area (Å²) in [6.45, 7) is 0.548. The van der Waals surface area contributed by atoms with Crippen LogP contribution < -0.4 is 10.6 Å². The lowest BCUT2D eigenvalue weighted by Gasteiger charge is -2.31. The number of carbonyl (C=O) groups is 2. The van der Waals surface area contributed by atoms with E-state index in [2.05, 4.69) is 15.6 Å². The minimum atomic E-state index is -3.56. The molecule has 0 radical (unpaired) electrons. The lowest BCUT2D eigenvalue weighted by atomic mass is 9.96. The van der Waals surface area contributed by atoms with Crippen LogP contribution in [0.1, 0.15) is 19.3 Å². The van der Waals surface area contributed by atoms with Gasteiger partial charge in [0.15, 0.2) is 5.13 Å². The first-order valence-electron chi connectivity index (χ1n) is 9.96. The molecule has 31 heavy (non-hydrogen) atoms. The third-order valence-electron chi connectivity index (χ3n) is 5.11. The molecule has 8 nitrogen and oxygen atoms in total. The summed E-state index contributed by atoms with van der Waals surface area (Å²) in [5.74, 6) is -0.102. The van der Waals surface area contributed by atoms with Crippen molar-refractivity contribution in [2.24, 2.45) is 5.92 Å². The third kappa shape index (κ3) is 6.28. The molecule has 1 fully saturated rings. The predicted molar refractivity (Wildman–Crippen MR) is 124 cm³/mol. The largest absolute Gasteiger partial charge is 0.344 e. The van der Waals surface area contributed by atoms with Gasteiger partial charge in [0, 0.05) is 30.6 Å². The Kier molecular flexibility index (Phi) is 8.47. The minimum absolute atomic E-state index is 0.211. The summed E-state index contributed by atoms with van der Waals surface area (Å²) in [5, 5.41) is 7.86. The molecule has 0 spiro atoms.